The molecule has 1 aromatic heterocycles. The van der Waals surface area contributed by atoms with Crippen molar-refractivity contribution in [2.45, 2.75) is 32.4 Å². The van der Waals surface area contributed by atoms with Gasteiger partial charge in [-0.05, 0) is 37.6 Å². The van der Waals surface area contributed by atoms with Crippen molar-refractivity contribution in [1.29, 1.82) is 0 Å². The van der Waals surface area contributed by atoms with Crippen LogP contribution in [0.15, 0.2) is 30.3 Å². The van der Waals surface area contributed by atoms with Crippen LogP contribution in [0.1, 0.15) is 33.7 Å². The predicted molar refractivity (Wildman–Crippen MR) is 99.6 cm³/mol. The van der Waals surface area contributed by atoms with Crippen LogP contribution in [0, 0.1) is 13.8 Å². The third-order valence-electron chi connectivity index (χ3n) is 5.38. The molecule has 2 amide bonds. The summed E-state index contributed by atoms with van der Waals surface area (Å²) in [4.78, 5) is 27.9. The van der Waals surface area contributed by atoms with Gasteiger partial charge in [0.1, 0.15) is 0 Å². The van der Waals surface area contributed by atoms with Gasteiger partial charge in [-0.25, -0.2) is 4.79 Å². The minimum absolute atomic E-state index is 0.0184. The molecule has 2 aliphatic heterocycles. The second-order valence-electron chi connectivity index (χ2n) is 7.67. The van der Waals surface area contributed by atoms with Gasteiger partial charge in [-0.15, -0.1) is 0 Å². The van der Waals surface area contributed by atoms with Crippen LogP contribution in [0.25, 0.3) is 0 Å². The minimum atomic E-state index is -0.545. The fourth-order valence-corrected chi connectivity index (χ4v) is 3.97. The van der Waals surface area contributed by atoms with Crippen molar-refractivity contribution in [3.05, 3.63) is 52.8 Å². The minimum Gasteiger partial charge on any atom is -0.439 e. The predicted octanol–water partition coefficient (Wildman–Crippen LogP) is 2.21. The van der Waals surface area contributed by atoms with E-state index in [1.807, 2.05) is 48.9 Å². The summed E-state index contributed by atoms with van der Waals surface area (Å²) in [5.74, 6) is -0.0184. The molecule has 7 nitrogen and oxygen atoms in total. The normalized spacial score (nSPS) is 22.0. The number of likely N-dealkylation sites (N-methyl/N-ethyl adjacent to an activating group) is 1. The molecule has 4 rings (SSSR count). The van der Waals surface area contributed by atoms with Gasteiger partial charge >= 0.3 is 6.09 Å². The summed E-state index contributed by atoms with van der Waals surface area (Å²) in [6.07, 6.45) is 0.378. The van der Waals surface area contributed by atoms with Gasteiger partial charge in [-0.2, -0.15) is 5.10 Å². The molecule has 7 heteroatoms. The Kier molecular flexibility index (Phi) is 4.17. The van der Waals surface area contributed by atoms with Crippen LogP contribution in [0.4, 0.5) is 4.79 Å². The molecule has 1 aromatic carbocycles. The van der Waals surface area contributed by atoms with Gasteiger partial charge in [0.05, 0.1) is 25.3 Å². The summed E-state index contributed by atoms with van der Waals surface area (Å²) in [6, 6.07) is 9.72. The number of likely N-dealkylation sites (tertiary alicyclic amines) is 1. The molecule has 3 heterocycles. The first-order valence-electron chi connectivity index (χ1n) is 9.19. The second-order valence-corrected chi connectivity index (χ2v) is 7.67. The molecule has 142 valence electrons. The van der Waals surface area contributed by atoms with E-state index >= 15 is 0 Å². The van der Waals surface area contributed by atoms with Crippen LogP contribution in [0.3, 0.4) is 0 Å². The Morgan fingerprint density at radius 2 is 1.96 bits per heavy atom. The fourth-order valence-electron chi connectivity index (χ4n) is 3.97. The number of carbonyl (C=O) groups is 2. The zero-order valence-electron chi connectivity index (χ0n) is 15.9. The number of rotatable bonds is 3. The molecule has 27 heavy (non-hydrogen) atoms. The summed E-state index contributed by atoms with van der Waals surface area (Å²) in [6.45, 7) is 6.30. The van der Waals surface area contributed by atoms with Gasteiger partial charge in [0.15, 0.2) is 5.60 Å². The van der Waals surface area contributed by atoms with Crippen LogP contribution < -0.4 is 0 Å². The molecule has 0 bridgehead atoms. The highest BCUT2D eigenvalue weighted by molar-refractivity contribution is 5.94. The van der Waals surface area contributed by atoms with Crippen molar-refractivity contribution in [2.75, 3.05) is 26.7 Å². The highest BCUT2D eigenvalue weighted by Gasteiger charge is 2.49. The lowest BCUT2D eigenvalue weighted by molar-refractivity contribution is 0.0553. The van der Waals surface area contributed by atoms with E-state index in [-0.39, 0.29) is 12.0 Å². The van der Waals surface area contributed by atoms with Crippen molar-refractivity contribution >= 4 is 12.0 Å². The Morgan fingerprint density at radius 3 is 2.56 bits per heavy atom. The quantitative estimate of drug-likeness (QED) is 0.833. The monoisotopic (exact) mass is 368 g/mol. The van der Waals surface area contributed by atoms with Crippen LogP contribution in [0.5, 0.6) is 0 Å². The highest BCUT2D eigenvalue weighted by atomic mass is 16.6. The number of carbonyl (C=O) groups excluding carboxylic acids is 2. The lowest BCUT2D eigenvalue weighted by Crippen LogP contribution is -2.39. The van der Waals surface area contributed by atoms with Crippen LogP contribution in [-0.4, -0.2) is 63.9 Å². The third-order valence-corrected chi connectivity index (χ3v) is 5.38. The summed E-state index contributed by atoms with van der Waals surface area (Å²) in [5, 5.41) is 4.48. The van der Waals surface area contributed by atoms with Crippen LogP contribution >= 0.6 is 0 Å². The van der Waals surface area contributed by atoms with Crippen molar-refractivity contribution < 1.29 is 14.3 Å². The molecule has 1 atom stereocenters. The van der Waals surface area contributed by atoms with Crippen molar-refractivity contribution in [2.24, 2.45) is 0 Å². The molecule has 2 saturated heterocycles. The number of hydrogen-bond acceptors (Lipinski definition) is 4. The zero-order chi connectivity index (χ0) is 19.2. The standard InChI is InChI=1S/C20H24N4O3/c1-14-10-15(2)24(21-14)11-16-4-6-17(7-5-16)18(25)23-9-8-20(13-23)12-22(3)19(26)27-20/h4-7,10H,8-9,11-13H2,1-3H3. The average molecular weight is 368 g/mol. The van der Waals surface area contributed by atoms with Gasteiger partial charge in [-0.1, -0.05) is 12.1 Å². The fraction of sp³-hybridized carbons (Fsp3) is 0.450. The number of aryl methyl sites for hydroxylation is 2. The zero-order valence-corrected chi connectivity index (χ0v) is 15.9. The molecule has 1 unspecified atom stereocenters. The molecule has 0 saturated carbocycles. The Morgan fingerprint density at radius 1 is 1.22 bits per heavy atom. The number of amides is 2. The van der Waals surface area contributed by atoms with Crippen LogP contribution in [0.2, 0.25) is 0 Å². The van der Waals surface area contributed by atoms with Crippen LogP contribution in [-0.2, 0) is 11.3 Å². The Labute approximate surface area is 158 Å². The second kappa shape index (κ2) is 6.40. The van der Waals surface area contributed by atoms with E-state index in [1.165, 1.54) is 0 Å². The topological polar surface area (TPSA) is 67.7 Å². The number of aromatic nitrogens is 2. The molecule has 0 aliphatic carbocycles. The molecular weight excluding hydrogens is 344 g/mol. The molecule has 2 aliphatic rings. The number of benzene rings is 1. The summed E-state index contributed by atoms with van der Waals surface area (Å²) in [5.41, 5.74) is 3.33. The molecule has 0 radical (unpaired) electrons. The molecule has 0 N–H and O–H groups in total. The van der Waals surface area contributed by atoms with Gasteiger partial charge < -0.3 is 14.5 Å². The summed E-state index contributed by atoms with van der Waals surface area (Å²) in [7, 11) is 1.73. The third kappa shape index (κ3) is 3.29. The number of ether oxygens (including phenoxy) is 1. The smallest absolute Gasteiger partial charge is 0.410 e. The van der Waals surface area contributed by atoms with Gasteiger partial charge in [0.25, 0.3) is 5.91 Å². The van der Waals surface area contributed by atoms with E-state index in [0.717, 1.165) is 17.0 Å². The number of nitrogens with zero attached hydrogens (tertiary/aromatic N) is 4. The highest BCUT2D eigenvalue weighted by Crippen LogP contribution is 2.32. The summed E-state index contributed by atoms with van der Waals surface area (Å²) < 4.78 is 7.48. The first-order valence-corrected chi connectivity index (χ1v) is 9.19. The maximum absolute atomic E-state index is 12.8. The Bertz CT molecular complexity index is 889. The van der Waals surface area contributed by atoms with Gasteiger partial charge in [0.2, 0.25) is 0 Å². The van der Waals surface area contributed by atoms with E-state index in [4.69, 9.17) is 4.74 Å². The molecule has 2 fully saturated rings. The van der Waals surface area contributed by atoms with Crippen molar-refractivity contribution in [1.82, 2.24) is 19.6 Å². The first-order chi connectivity index (χ1) is 12.8. The Hall–Kier alpha value is -2.83. The number of hydrogen-bond donors (Lipinski definition) is 0. The van der Waals surface area contributed by atoms with E-state index in [0.29, 0.717) is 38.2 Å². The van der Waals surface area contributed by atoms with E-state index in [1.54, 1.807) is 16.8 Å². The Balaban J connectivity index is 1.43. The van der Waals surface area contributed by atoms with Crippen molar-refractivity contribution in [3.63, 3.8) is 0 Å². The SMILES string of the molecule is Cc1cc(C)n(Cc2ccc(C(=O)N3CCC4(CN(C)C(=O)O4)C3)cc2)n1. The largest absolute Gasteiger partial charge is 0.439 e. The lowest BCUT2D eigenvalue weighted by atomic mass is 10.0. The van der Waals surface area contributed by atoms with Crippen molar-refractivity contribution in [3.8, 4) is 0 Å². The molecule has 2 aromatic rings. The maximum Gasteiger partial charge on any atom is 0.410 e. The molecular formula is C20H24N4O3. The van der Waals surface area contributed by atoms with Gasteiger partial charge in [0, 0.05) is 31.3 Å². The van der Waals surface area contributed by atoms with E-state index < -0.39 is 5.60 Å². The average Bonchev–Trinajstić information content (AvgIpc) is 3.26. The first kappa shape index (κ1) is 17.6. The van der Waals surface area contributed by atoms with Gasteiger partial charge in [-0.3, -0.25) is 9.48 Å². The molecule has 1 spiro atoms. The lowest BCUT2D eigenvalue weighted by Gasteiger charge is -2.21. The van der Waals surface area contributed by atoms with E-state index in [2.05, 4.69) is 5.10 Å². The summed E-state index contributed by atoms with van der Waals surface area (Å²) >= 11 is 0. The maximum atomic E-state index is 12.8. The van der Waals surface area contributed by atoms with E-state index in [9.17, 15) is 9.59 Å².